The summed E-state index contributed by atoms with van der Waals surface area (Å²) >= 11 is 9.42. The molecular weight excluding hydrogens is 194 g/mol. The number of anilines is 1. The molecule has 0 atom stereocenters. The second-order valence-corrected chi connectivity index (χ2v) is 3.16. The number of amides is 1. The van der Waals surface area contributed by atoms with E-state index >= 15 is 0 Å². The Morgan fingerprint density at radius 1 is 1.58 bits per heavy atom. The Morgan fingerprint density at radius 3 is 2.83 bits per heavy atom. The smallest absolute Gasteiger partial charge is 0.280 e. The van der Waals surface area contributed by atoms with Gasteiger partial charge in [-0.1, -0.05) is 30.3 Å². The lowest BCUT2D eigenvalue weighted by Crippen LogP contribution is -2.02. The van der Waals surface area contributed by atoms with Gasteiger partial charge in [0.05, 0.1) is 0 Å². The highest BCUT2D eigenvalue weighted by atomic mass is 35.5. The van der Waals surface area contributed by atoms with Crippen LogP contribution in [0.1, 0.15) is 5.56 Å². The van der Waals surface area contributed by atoms with Crippen molar-refractivity contribution < 1.29 is 4.79 Å². The van der Waals surface area contributed by atoms with Gasteiger partial charge >= 0.3 is 0 Å². The Morgan fingerprint density at radius 2 is 2.25 bits per heavy atom. The van der Waals surface area contributed by atoms with E-state index in [2.05, 4.69) is 17.9 Å². The minimum Gasteiger partial charge on any atom is -0.317 e. The molecule has 0 aliphatic rings. The maximum atomic E-state index is 10.6. The van der Waals surface area contributed by atoms with Crippen molar-refractivity contribution in [2.45, 2.75) is 6.92 Å². The first kappa shape index (κ1) is 9.42. The van der Waals surface area contributed by atoms with E-state index in [0.29, 0.717) is 10.7 Å². The molecule has 0 aliphatic carbocycles. The summed E-state index contributed by atoms with van der Waals surface area (Å²) in [5, 5.41) is 2.80. The molecule has 0 spiro atoms. The number of rotatable bonds is 1. The molecule has 0 aromatic heterocycles. The first-order valence-electron chi connectivity index (χ1n) is 3.36. The van der Waals surface area contributed by atoms with Crippen LogP contribution in [0.5, 0.6) is 0 Å². The molecule has 1 aromatic rings. The van der Waals surface area contributed by atoms with E-state index in [1.54, 1.807) is 18.2 Å². The zero-order valence-corrected chi connectivity index (χ0v) is 8.12. The van der Waals surface area contributed by atoms with Crippen molar-refractivity contribution >= 4 is 35.2 Å². The third-order valence-corrected chi connectivity index (χ3v) is 2.03. The van der Waals surface area contributed by atoms with Crippen molar-refractivity contribution in [2.24, 2.45) is 0 Å². The highest BCUT2D eigenvalue weighted by Crippen LogP contribution is 2.22. The van der Waals surface area contributed by atoms with Gasteiger partial charge in [0.15, 0.2) is 0 Å². The molecule has 0 fully saturated rings. The highest BCUT2D eigenvalue weighted by molar-refractivity contribution is 7.96. The van der Waals surface area contributed by atoms with Crippen LogP contribution in [0.15, 0.2) is 18.2 Å². The van der Waals surface area contributed by atoms with Crippen LogP contribution in [-0.4, -0.2) is 5.24 Å². The summed E-state index contributed by atoms with van der Waals surface area (Å²) in [6, 6.07) is 5.31. The van der Waals surface area contributed by atoms with Gasteiger partial charge in [-0.3, -0.25) is 4.79 Å². The van der Waals surface area contributed by atoms with Crippen molar-refractivity contribution in [1.82, 2.24) is 0 Å². The van der Waals surface area contributed by atoms with Gasteiger partial charge in [0, 0.05) is 10.7 Å². The van der Waals surface area contributed by atoms with Gasteiger partial charge in [0.25, 0.3) is 5.24 Å². The fraction of sp³-hybridized carbons (Fsp3) is 0.125. The van der Waals surface area contributed by atoms with Crippen LogP contribution in [0.25, 0.3) is 0 Å². The molecular formula is C8H8ClNOS. The lowest BCUT2D eigenvalue weighted by atomic mass is 10.2. The van der Waals surface area contributed by atoms with Crippen LogP contribution in [0.2, 0.25) is 5.02 Å². The van der Waals surface area contributed by atoms with Crippen LogP contribution >= 0.6 is 24.2 Å². The summed E-state index contributed by atoms with van der Waals surface area (Å²) in [7, 11) is 0. The van der Waals surface area contributed by atoms with E-state index in [-0.39, 0.29) is 5.24 Å². The minimum absolute atomic E-state index is 0.389. The number of thiol groups is 1. The molecule has 0 radical (unpaired) electrons. The second-order valence-electron chi connectivity index (χ2n) is 2.34. The molecule has 0 bridgehead atoms. The molecule has 0 saturated heterocycles. The van der Waals surface area contributed by atoms with Crippen LogP contribution in [0, 0.1) is 6.92 Å². The van der Waals surface area contributed by atoms with Gasteiger partial charge in [-0.15, -0.1) is 0 Å². The number of nitrogens with one attached hydrogen (secondary N) is 1. The van der Waals surface area contributed by atoms with Gasteiger partial charge in [-0.2, -0.15) is 0 Å². The summed E-state index contributed by atoms with van der Waals surface area (Å²) in [5.41, 5.74) is 1.55. The quantitative estimate of drug-likeness (QED) is 0.672. The highest BCUT2D eigenvalue weighted by Gasteiger charge is 2.02. The number of benzene rings is 1. The molecule has 0 unspecified atom stereocenters. The maximum absolute atomic E-state index is 10.6. The van der Waals surface area contributed by atoms with Gasteiger partial charge < -0.3 is 5.32 Å². The van der Waals surface area contributed by atoms with Gasteiger partial charge in [-0.05, 0) is 24.6 Å². The SMILES string of the molecule is Cc1c(Cl)cccc1NC(=O)S. The number of halogens is 1. The van der Waals surface area contributed by atoms with E-state index in [9.17, 15) is 4.79 Å². The molecule has 12 heavy (non-hydrogen) atoms. The lowest BCUT2D eigenvalue weighted by Gasteiger charge is -2.06. The summed E-state index contributed by atoms with van der Waals surface area (Å²) in [6.07, 6.45) is 0. The lowest BCUT2D eigenvalue weighted by molar-refractivity contribution is 0.270. The minimum atomic E-state index is -0.389. The molecule has 1 amide bonds. The predicted molar refractivity (Wildman–Crippen MR) is 54.2 cm³/mol. The van der Waals surface area contributed by atoms with Crippen molar-refractivity contribution in [3.05, 3.63) is 28.8 Å². The summed E-state index contributed by atoms with van der Waals surface area (Å²) < 4.78 is 0. The Balaban J connectivity index is 3.00. The average Bonchev–Trinajstić information content (AvgIpc) is 1.98. The Labute approximate surface area is 81.3 Å². The summed E-state index contributed by atoms with van der Waals surface area (Å²) in [4.78, 5) is 10.6. The molecule has 1 rings (SSSR count). The Kier molecular flexibility index (Phi) is 3.00. The predicted octanol–water partition coefficient (Wildman–Crippen LogP) is 3.11. The monoisotopic (exact) mass is 201 g/mol. The van der Waals surface area contributed by atoms with Gasteiger partial charge in [0.2, 0.25) is 0 Å². The molecule has 64 valence electrons. The largest absolute Gasteiger partial charge is 0.317 e. The van der Waals surface area contributed by atoms with E-state index in [4.69, 9.17) is 11.6 Å². The molecule has 1 aromatic carbocycles. The zero-order chi connectivity index (χ0) is 9.14. The third-order valence-electron chi connectivity index (χ3n) is 1.51. The fourth-order valence-corrected chi connectivity index (χ4v) is 1.15. The topological polar surface area (TPSA) is 29.1 Å². The van der Waals surface area contributed by atoms with Gasteiger partial charge in [0.1, 0.15) is 0 Å². The van der Waals surface area contributed by atoms with E-state index in [1.165, 1.54) is 0 Å². The van der Waals surface area contributed by atoms with Crippen LogP contribution in [0.3, 0.4) is 0 Å². The van der Waals surface area contributed by atoms with E-state index in [1.807, 2.05) is 6.92 Å². The molecule has 1 N–H and O–H groups in total. The number of carbonyl (C=O) groups excluding carboxylic acids is 1. The summed E-state index contributed by atoms with van der Waals surface area (Å²) in [6.45, 7) is 1.83. The zero-order valence-electron chi connectivity index (χ0n) is 6.47. The van der Waals surface area contributed by atoms with Crippen LogP contribution in [-0.2, 0) is 0 Å². The Bertz CT molecular complexity index is 314. The Hall–Kier alpha value is -0.670. The third kappa shape index (κ3) is 2.16. The molecule has 0 saturated carbocycles. The fourth-order valence-electron chi connectivity index (χ4n) is 0.858. The molecule has 2 nitrogen and oxygen atoms in total. The standard InChI is InChI=1S/C8H8ClNOS/c1-5-6(9)3-2-4-7(5)10-8(11)12/h2-4H,1H3,(H2,10,11,12). The van der Waals surface area contributed by atoms with Crippen molar-refractivity contribution in [3.63, 3.8) is 0 Å². The van der Waals surface area contributed by atoms with Crippen molar-refractivity contribution in [1.29, 1.82) is 0 Å². The van der Waals surface area contributed by atoms with Gasteiger partial charge in [-0.25, -0.2) is 0 Å². The number of hydrogen-bond acceptors (Lipinski definition) is 1. The van der Waals surface area contributed by atoms with E-state index in [0.717, 1.165) is 5.56 Å². The number of hydrogen-bond donors (Lipinski definition) is 2. The van der Waals surface area contributed by atoms with Crippen LogP contribution < -0.4 is 5.32 Å². The number of carbonyl (C=O) groups is 1. The van der Waals surface area contributed by atoms with Crippen LogP contribution in [0.4, 0.5) is 10.5 Å². The molecule has 0 aliphatic heterocycles. The first-order valence-corrected chi connectivity index (χ1v) is 4.19. The van der Waals surface area contributed by atoms with Crippen molar-refractivity contribution in [3.8, 4) is 0 Å². The second kappa shape index (κ2) is 3.83. The first-order chi connectivity index (χ1) is 5.61. The average molecular weight is 202 g/mol. The molecule has 4 heteroatoms. The summed E-state index contributed by atoms with van der Waals surface area (Å²) in [5.74, 6) is 0. The maximum Gasteiger partial charge on any atom is 0.280 e. The van der Waals surface area contributed by atoms with Crippen molar-refractivity contribution in [2.75, 3.05) is 5.32 Å². The normalized spacial score (nSPS) is 9.58. The van der Waals surface area contributed by atoms with E-state index < -0.39 is 0 Å². The molecule has 0 heterocycles.